The molecular weight excluding hydrogens is 88.1 g/mol. The van der Waals surface area contributed by atoms with E-state index >= 15 is 0 Å². The highest BCUT2D eigenvalue weighted by molar-refractivity contribution is 4.24. The van der Waals surface area contributed by atoms with Crippen LogP contribution in [0.15, 0.2) is 5.11 Å². The average Bonchev–Trinajstić information content (AvgIpc) is 1.61. The van der Waals surface area contributed by atoms with E-state index in [0.29, 0.717) is 0 Å². The Labute approximate surface area is 44.9 Å². The van der Waals surface area contributed by atoms with E-state index in [1.807, 2.05) is 18.8 Å². The zero-order valence-electron chi connectivity index (χ0n) is 5.31. The normalized spacial score (nSPS) is 8.43. The van der Waals surface area contributed by atoms with Crippen molar-refractivity contribution in [1.82, 2.24) is 0 Å². The topological polar surface area (TPSA) is 15.4 Å². The maximum atomic E-state index is 4.08. The highest BCUT2D eigenvalue weighted by atomic mass is 15.2. The van der Waals surface area contributed by atoms with E-state index in [4.69, 9.17) is 0 Å². The summed E-state index contributed by atoms with van der Waals surface area (Å²) < 4.78 is 1.84. The van der Waals surface area contributed by atoms with Gasteiger partial charge in [0.2, 0.25) is 0 Å². The summed E-state index contributed by atoms with van der Waals surface area (Å²) in [5.74, 6) is 0. The summed E-state index contributed by atoms with van der Waals surface area (Å²) in [4.78, 5) is 0. The van der Waals surface area contributed by atoms with E-state index < -0.39 is 0 Å². The molecule has 0 aromatic carbocycles. The first-order valence-corrected chi connectivity index (χ1v) is 2.62. The fourth-order valence-corrected chi connectivity index (χ4v) is 0.300. The van der Waals surface area contributed by atoms with Crippen LogP contribution in [-0.4, -0.2) is 25.3 Å². The van der Waals surface area contributed by atoms with E-state index in [1.54, 1.807) is 0 Å². The largest absolute Gasteiger partial charge is 0.158 e. The molecule has 0 N–H and O–H groups in total. The van der Waals surface area contributed by atoms with Crippen molar-refractivity contribution in [1.29, 1.82) is 0 Å². The van der Waals surface area contributed by atoms with Gasteiger partial charge in [-0.1, -0.05) is 6.92 Å². The zero-order valence-corrected chi connectivity index (χ0v) is 5.31. The molecular formula is C5H13N2+. The lowest BCUT2D eigenvalue weighted by atomic mass is 10.5. The molecule has 0 spiro atoms. The first kappa shape index (κ1) is 6.60. The predicted octanol–water partition coefficient (Wildman–Crippen LogP) is 1.12. The van der Waals surface area contributed by atoms with Crippen LogP contribution in [0.25, 0.3) is 0 Å². The summed E-state index contributed by atoms with van der Waals surface area (Å²) in [6.45, 7) is 3.07. The first-order chi connectivity index (χ1) is 3.27. The van der Waals surface area contributed by atoms with Crippen molar-refractivity contribution in [2.45, 2.75) is 13.3 Å². The van der Waals surface area contributed by atoms with Gasteiger partial charge in [0, 0.05) is 0 Å². The Bertz CT molecular complexity index is 62.5. The van der Waals surface area contributed by atoms with Gasteiger partial charge < -0.3 is 0 Å². The second-order valence-corrected chi connectivity index (χ2v) is 1.71. The molecule has 42 valence electrons. The molecule has 0 bridgehead atoms. The van der Waals surface area contributed by atoms with Crippen molar-refractivity contribution in [2.75, 3.05) is 20.6 Å². The molecule has 0 aliphatic carbocycles. The van der Waals surface area contributed by atoms with Gasteiger partial charge in [-0.2, -0.15) is 0 Å². The third-order valence-electron chi connectivity index (χ3n) is 0.606. The van der Waals surface area contributed by atoms with Crippen molar-refractivity contribution in [2.24, 2.45) is 5.11 Å². The molecule has 0 aromatic rings. The Balaban J connectivity index is 3.08. The lowest BCUT2D eigenvalue weighted by Gasteiger charge is -1.79. The quantitative estimate of drug-likeness (QED) is 0.366. The Hall–Kier alpha value is -0.400. The summed E-state index contributed by atoms with van der Waals surface area (Å²) in [5, 5.41) is 4.08. The van der Waals surface area contributed by atoms with Crippen LogP contribution in [0.3, 0.4) is 0 Å². The highest BCUT2D eigenvalue weighted by Gasteiger charge is 1.79. The van der Waals surface area contributed by atoms with Crippen molar-refractivity contribution < 1.29 is 4.70 Å². The minimum absolute atomic E-state index is 0.951. The number of rotatable bonds is 2. The molecule has 0 amide bonds. The Kier molecular flexibility index (Phi) is 3.56. The fourth-order valence-electron chi connectivity index (χ4n) is 0.300. The summed E-state index contributed by atoms with van der Waals surface area (Å²) in [7, 11) is 3.88. The SMILES string of the molecule is CCCN=[N+](C)C. The first-order valence-electron chi connectivity index (χ1n) is 2.62. The molecule has 0 fully saturated rings. The molecule has 0 aliphatic rings. The van der Waals surface area contributed by atoms with Crippen LogP contribution in [0.5, 0.6) is 0 Å². The van der Waals surface area contributed by atoms with Crippen LogP contribution in [0.4, 0.5) is 0 Å². The second-order valence-electron chi connectivity index (χ2n) is 1.71. The van der Waals surface area contributed by atoms with Crippen molar-refractivity contribution in [3.63, 3.8) is 0 Å². The van der Waals surface area contributed by atoms with E-state index in [9.17, 15) is 0 Å². The van der Waals surface area contributed by atoms with E-state index in [2.05, 4.69) is 12.0 Å². The lowest BCUT2D eigenvalue weighted by Crippen LogP contribution is -1.92. The van der Waals surface area contributed by atoms with Gasteiger partial charge >= 0.3 is 0 Å². The zero-order chi connectivity index (χ0) is 5.70. The number of hydrogen-bond acceptors (Lipinski definition) is 1. The number of azo groups is 2. The average molecular weight is 101 g/mol. The van der Waals surface area contributed by atoms with Crippen molar-refractivity contribution in [3.05, 3.63) is 0 Å². The van der Waals surface area contributed by atoms with Gasteiger partial charge in [-0.05, 0) is 11.5 Å². The Morgan fingerprint density at radius 1 is 1.43 bits per heavy atom. The molecule has 0 radical (unpaired) electrons. The maximum Gasteiger partial charge on any atom is 0.158 e. The molecule has 0 atom stereocenters. The van der Waals surface area contributed by atoms with Crippen molar-refractivity contribution in [3.8, 4) is 0 Å². The molecule has 0 aliphatic heterocycles. The van der Waals surface area contributed by atoms with Gasteiger partial charge in [-0.25, -0.2) is 0 Å². The molecule has 0 aromatic heterocycles. The summed E-state index contributed by atoms with van der Waals surface area (Å²) in [5.41, 5.74) is 0. The molecule has 2 nitrogen and oxygen atoms in total. The third-order valence-corrected chi connectivity index (χ3v) is 0.606. The molecule has 7 heavy (non-hydrogen) atoms. The van der Waals surface area contributed by atoms with Crippen LogP contribution in [0.2, 0.25) is 0 Å². The van der Waals surface area contributed by atoms with Crippen LogP contribution < -0.4 is 0 Å². The predicted molar refractivity (Wildman–Crippen MR) is 29.7 cm³/mol. The van der Waals surface area contributed by atoms with Gasteiger partial charge in [-0.3, -0.25) is 0 Å². The summed E-state index contributed by atoms with van der Waals surface area (Å²) >= 11 is 0. The Morgan fingerprint density at radius 3 is 2.14 bits per heavy atom. The monoisotopic (exact) mass is 101 g/mol. The van der Waals surface area contributed by atoms with Crippen LogP contribution in [0.1, 0.15) is 13.3 Å². The van der Waals surface area contributed by atoms with Gasteiger partial charge in [0.15, 0.2) is 14.1 Å². The smallest absolute Gasteiger partial charge is 0.133 e. The van der Waals surface area contributed by atoms with E-state index in [0.717, 1.165) is 13.0 Å². The molecule has 0 unspecified atom stereocenters. The van der Waals surface area contributed by atoms with Gasteiger partial charge in [0.1, 0.15) is 6.54 Å². The summed E-state index contributed by atoms with van der Waals surface area (Å²) in [6.07, 6.45) is 1.14. The van der Waals surface area contributed by atoms with Gasteiger partial charge in [-0.15, -0.1) is 4.70 Å². The lowest BCUT2D eigenvalue weighted by molar-refractivity contribution is -0.537. The molecule has 2 heteroatoms. The summed E-state index contributed by atoms with van der Waals surface area (Å²) in [6, 6.07) is 0. The minimum Gasteiger partial charge on any atom is -0.133 e. The van der Waals surface area contributed by atoms with Crippen LogP contribution in [0, 0.1) is 0 Å². The highest BCUT2D eigenvalue weighted by Crippen LogP contribution is 1.75. The van der Waals surface area contributed by atoms with Crippen molar-refractivity contribution >= 4 is 0 Å². The third kappa shape index (κ3) is 5.60. The van der Waals surface area contributed by atoms with Gasteiger partial charge in [0.25, 0.3) is 0 Å². The Morgan fingerprint density at radius 2 is 2.00 bits per heavy atom. The molecule has 0 saturated carbocycles. The maximum absolute atomic E-state index is 4.08. The second kappa shape index (κ2) is 3.78. The number of nitrogens with zero attached hydrogens (tertiary/aromatic N) is 2. The van der Waals surface area contributed by atoms with E-state index in [-0.39, 0.29) is 0 Å². The molecule has 0 rings (SSSR count). The van der Waals surface area contributed by atoms with Gasteiger partial charge in [0.05, 0.1) is 0 Å². The number of hydrogen-bond donors (Lipinski definition) is 0. The fraction of sp³-hybridized carbons (Fsp3) is 1.00. The standard InChI is InChI=1S/C5H13N2/c1-4-5-6-7(2)3/h4-5H2,1-3H3/q+1. The van der Waals surface area contributed by atoms with Crippen LogP contribution >= 0.6 is 0 Å². The minimum atomic E-state index is 0.951. The van der Waals surface area contributed by atoms with E-state index in [1.165, 1.54) is 0 Å². The molecule has 0 saturated heterocycles. The van der Waals surface area contributed by atoms with Crippen LogP contribution in [-0.2, 0) is 0 Å². The molecule has 0 heterocycles.